The first-order valence-electron chi connectivity index (χ1n) is 30.4. The lowest BCUT2D eigenvalue weighted by Gasteiger charge is -2.18. The highest BCUT2D eigenvalue weighted by molar-refractivity contribution is 5.71. The molecule has 0 aliphatic rings. The second-order valence-electron chi connectivity index (χ2n) is 21.2. The highest BCUT2D eigenvalue weighted by Crippen LogP contribution is 2.19. The topological polar surface area (TPSA) is 78.9 Å². The van der Waals surface area contributed by atoms with Crippen molar-refractivity contribution in [2.24, 2.45) is 5.92 Å². The van der Waals surface area contributed by atoms with Gasteiger partial charge in [-0.25, -0.2) is 0 Å². The summed E-state index contributed by atoms with van der Waals surface area (Å²) < 4.78 is 16.9. The summed E-state index contributed by atoms with van der Waals surface area (Å²) in [5, 5.41) is 0. The zero-order chi connectivity index (χ0) is 48.8. The van der Waals surface area contributed by atoms with Gasteiger partial charge in [-0.1, -0.05) is 310 Å². The van der Waals surface area contributed by atoms with Crippen LogP contribution < -0.4 is 0 Å². The van der Waals surface area contributed by atoms with E-state index in [4.69, 9.17) is 14.2 Å². The van der Waals surface area contributed by atoms with Crippen molar-refractivity contribution in [1.29, 1.82) is 0 Å². The van der Waals surface area contributed by atoms with Crippen LogP contribution in [-0.4, -0.2) is 37.2 Å². The van der Waals surface area contributed by atoms with Crippen LogP contribution in [-0.2, 0) is 28.6 Å². The fraction of sp³-hybridized carbons (Fsp3) is 0.951. The van der Waals surface area contributed by atoms with Gasteiger partial charge in [0.25, 0.3) is 0 Å². The Balaban J connectivity index is 4.26. The summed E-state index contributed by atoms with van der Waals surface area (Å²) in [5.41, 5.74) is 0. The smallest absolute Gasteiger partial charge is 0.306 e. The number of carbonyl (C=O) groups is 3. The van der Waals surface area contributed by atoms with Crippen molar-refractivity contribution >= 4 is 17.9 Å². The Labute approximate surface area is 418 Å². The lowest BCUT2D eigenvalue weighted by molar-refractivity contribution is -0.167. The van der Waals surface area contributed by atoms with Gasteiger partial charge in [-0.15, -0.1) is 0 Å². The summed E-state index contributed by atoms with van der Waals surface area (Å²) in [6.45, 7) is 9.07. The molecule has 2 atom stereocenters. The molecule has 0 heterocycles. The Bertz CT molecular complexity index is 1010. The van der Waals surface area contributed by atoms with E-state index in [-0.39, 0.29) is 31.1 Å². The van der Waals surface area contributed by atoms with Crippen molar-refractivity contribution in [2.75, 3.05) is 13.2 Å². The van der Waals surface area contributed by atoms with Gasteiger partial charge in [0, 0.05) is 19.3 Å². The summed E-state index contributed by atoms with van der Waals surface area (Å²) in [5.74, 6) is 0.0131. The van der Waals surface area contributed by atoms with Gasteiger partial charge in [0.05, 0.1) is 0 Å². The molecule has 0 saturated heterocycles. The largest absolute Gasteiger partial charge is 0.462 e. The van der Waals surface area contributed by atoms with Gasteiger partial charge in [0.15, 0.2) is 6.10 Å². The normalized spacial score (nSPS) is 12.4. The van der Waals surface area contributed by atoms with E-state index >= 15 is 0 Å². The Kier molecular flexibility index (Phi) is 54.0. The number of carbonyl (C=O) groups excluding carboxylic acids is 3. The molecule has 0 spiro atoms. The Hall–Kier alpha value is -1.59. The van der Waals surface area contributed by atoms with Crippen LogP contribution in [0.2, 0.25) is 0 Å². The van der Waals surface area contributed by atoms with E-state index in [2.05, 4.69) is 27.7 Å². The molecule has 0 N–H and O–H groups in total. The van der Waals surface area contributed by atoms with Gasteiger partial charge in [0.2, 0.25) is 0 Å². The minimum atomic E-state index is -0.763. The number of esters is 3. The summed E-state index contributed by atoms with van der Waals surface area (Å²) in [6, 6.07) is 0. The lowest BCUT2D eigenvalue weighted by atomic mass is 9.99. The second kappa shape index (κ2) is 55.3. The first kappa shape index (κ1) is 65.4. The molecule has 0 radical (unpaired) electrons. The molecule has 0 aromatic rings. The Morgan fingerprint density at radius 2 is 0.522 bits per heavy atom. The average molecular weight is 948 g/mol. The maximum atomic E-state index is 12.9. The number of rotatable bonds is 56. The zero-order valence-corrected chi connectivity index (χ0v) is 45.9. The van der Waals surface area contributed by atoms with Crippen molar-refractivity contribution in [3.8, 4) is 0 Å². The Morgan fingerprint density at radius 3 is 0.776 bits per heavy atom. The van der Waals surface area contributed by atoms with Gasteiger partial charge in [-0.2, -0.15) is 0 Å². The number of hydrogen-bond acceptors (Lipinski definition) is 6. The van der Waals surface area contributed by atoms with Crippen molar-refractivity contribution in [1.82, 2.24) is 0 Å². The molecule has 1 unspecified atom stereocenters. The van der Waals surface area contributed by atoms with Crippen LogP contribution in [0.15, 0.2) is 0 Å². The monoisotopic (exact) mass is 947 g/mol. The van der Waals surface area contributed by atoms with Crippen LogP contribution in [0.1, 0.15) is 349 Å². The van der Waals surface area contributed by atoms with E-state index < -0.39 is 6.10 Å². The van der Waals surface area contributed by atoms with E-state index in [0.717, 1.165) is 63.7 Å². The van der Waals surface area contributed by atoms with Crippen LogP contribution in [0.25, 0.3) is 0 Å². The zero-order valence-electron chi connectivity index (χ0n) is 45.9. The first-order valence-corrected chi connectivity index (χ1v) is 30.4. The predicted octanol–water partition coefficient (Wildman–Crippen LogP) is 20.2. The second-order valence-corrected chi connectivity index (χ2v) is 21.2. The third-order valence-electron chi connectivity index (χ3n) is 14.4. The molecule has 0 aliphatic carbocycles. The predicted molar refractivity (Wildman–Crippen MR) is 289 cm³/mol. The first-order chi connectivity index (χ1) is 32.9. The van der Waals surface area contributed by atoms with E-state index in [0.29, 0.717) is 19.3 Å². The van der Waals surface area contributed by atoms with Crippen molar-refractivity contribution in [3.05, 3.63) is 0 Å². The molecule has 0 rings (SSSR count). The molecule has 0 fully saturated rings. The molecule has 0 aromatic carbocycles. The summed E-state index contributed by atoms with van der Waals surface area (Å²) >= 11 is 0. The van der Waals surface area contributed by atoms with Crippen LogP contribution in [0.4, 0.5) is 0 Å². The molecule has 0 bridgehead atoms. The van der Waals surface area contributed by atoms with Gasteiger partial charge >= 0.3 is 17.9 Å². The molecule has 6 nitrogen and oxygen atoms in total. The molecule has 0 aliphatic heterocycles. The highest BCUT2D eigenvalue weighted by atomic mass is 16.6. The van der Waals surface area contributed by atoms with Gasteiger partial charge in [0.1, 0.15) is 13.2 Å². The van der Waals surface area contributed by atoms with Gasteiger partial charge < -0.3 is 14.2 Å². The Morgan fingerprint density at radius 1 is 0.299 bits per heavy atom. The quantitative estimate of drug-likeness (QED) is 0.0343. The van der Waals surface area contributed by atoms with Crippen molar-refractivity contribution in [2.45, 2.75) is 355 Å². The van der Waals surface area contributed by atoms with Crippen LogP contribution >= 0.6 is 0 Å². The molecule has 0 saturated carbocycles. The summed E-state index contributed by atoms with van der Waals surface area (Å²) in [6.07, 6.45) is 61.0. The van der Waals surface area contributed by atoms with Gasteiger partial charge in [-0.3, -0.25) is 14.4 Å². The minimum absolute atomic E-state index is 0.0621. The van der Waals surface area contributed by atoms with Crippen molar-refractivity contribution < 1.29 is 28.6 Å². The number of ether oxygens (including phenoxy) is 3. The fourth-order valence-electron chi connectivity index (χ4n) is 9.42. The lowest BCUT2D eigenvalue weighted by Crippen LogP contribution is -2.30. The molecule has 67 heavy (non-hydrogen) atoms. The van der Waals surface area contributed by atoms with Crippen LogP contribution in [0.5, 0.6) is 0 Å². The molecule has 398 valence electrons. The molecule has 0 amide bonds. The van der Waals surface area contributed by atoms with E-state index in [1.54, 1.807) is 0 Å². The maximum Gasteiger partial charge on any atom is 0.306 e. The van der Waals surface area contributed by atoms with E-state index in [1.807, 2.05) is 0 Å². The van der Waals surface area contributed by atoms with E-state index in [9.17, 15) is 14.4 Å². The fourth-order valence-corrected chi connectivity index (χ4v) is 9.42. The van der Waals surface area contributed by atoms with Crippen molar-refractivity contribution in [3.63, 3.8) is 0 Å². The van der Waals surface area contributed by atoms with Gasteiger partial charge in [-0.05, 0) is 25.2 Å². The molecular formula is C61H118O6. The third kappa shape index (κ3) is 53.6. The van der Waals surface area contributed by atoms with Crippen LogP contribution in [0, 0.1) is 5.92 Å². The third-order valence-corrected chi connectivity index (χ3v) is 14.4. The SMILES string of the molecule is CCCCCCCCCCCCCCCCCCCCCC(=O)O[C@@H](COC(=O)CCCCCCCCCCCCCCCCCCCC)COC(=O)CCCCCCCCCCC(C)CC. The summed E-state index contributed by atoms with van der Waals surface area (Å²) in [4.78, 5) is 38.2. The molecular weight excluding hydrogens is 829 g/mol. The maximum absolute atomic E-state index is 12.9. The standard InChI is InChI=1S/C61H118O6/c1-5-8-10-12-14-16-18-20-22-24-26-28-30-32-34-36-42-46-50-54-61(64)67-58(56-66-60(63)53-49-45-41-38-37-39-43-47-51-57(4)7-3)55-65-59(62)52-48-44-40-35-33-31-29-27-25-23-21-19-17-15-13-11-9-6-2/h57-58H,5-56H2,1-4H3/t57?,58-/m0/s1. The average Bonchev–Trinajstić information content (AvgIpc) is 3.33. The molecule has 0 aromatic heterocycles. The molecule has 6 heteroatoms. The highest BCUT2D eigenvalue weighted by Gasteiger charge is 2.19. The van der Waals surface area contributed by atoms with Crippen LogP contribution in [0.3, 0.4) is 0 Å². The van der Waals surface area contributed by atoms with E-state index in [1.165, 1.54) is 244 Å². The number of hydrogen-bond donors (Lipinski definition) is 0. The minimum Gasteiger partial charge on any atom is -0.462 e. The number of unbranched alkanes of at least 4 members (excludes halogenated alkanes) is 42. The summed E-state index contributed by atoms with van der Waals surface area (Å²) in [7, 11) is 0.